The number of carbonyl (C=O) groups is 2. The number of amides is 2. The van der Waals surface area contributed by atoms with E-state index in [-0.39, 0.29) is 23.8 Å². The molecule has 0 heterocycles. The fraction of sp³-hybridized carbons (Fsp3) is 0.263. The van der Waals surface area contributed by atoms with Crippen molar-refractivity contribution in [1.29, 1.82) is 0 Å². The molecule has 24 heavy (non-hydrogen) atoms. The molecule has 4 nitrogen and oxygen atoms in total. The van der Waals surface area contributed by atoms with Gasteiger partial charge in [0.05, 0.1) is 6.04 Å². The zero-order valence-corrected chi connectivity index (χ0v) is 15.0. The van der Waals surface area contributed by atoms with Gasteiger partial charge in [-0.2, -0.15) is 0 Å². The van der Waals surface area contributed by atoms with E-state index in [9.17, 15) is 9.59 Å². The molecule has 1 fully saturated rings. The summed E-state index contributed by atoms with van der Waals surface area (Å²) in [5, 5.41) is 5.85. The van der Waals surface area contributed by atoms with E-state index in [1.165, 1.54) is 0 Å². The maximum atomic E-state index is 12.4. The molecule has 2 aromatic rings. The zero-order valence-electron chi connectivity index (χ0n) is 13.4. The van der Waals surface area contributed by atoms with Crippen molar-refractivity contribution in [3.8, 4) is 0 Å². The molecule has 124 valence electrons. The molecule has 1 aliphatic carbocycles. The van der Waals surface area contributed by atoms with Gasteiger partial charge in [0.15, 0.2) is 0 Å². The second-order valence-corrected chi connectivity index (χ2v) is 6.91. The van der Waals surface area contributed by atoms with Crippen molar-refractivity contribution in [2.24, 2.45) is 5.92 Å². The van der Waals surface area contributed by atoms with Gasteiger partial charge in [0.1, 0.15) is 0 Å². The molecule has 5 heteroatoms. The molecule has 3 rings (SSSR count). The van der Waals surface area contributed by atoms with Crippen molar-refractivity contribution in [3.05, 3.63) is 64.1 Å². The number of hydrogen-bond acceptors (Lipinski definition) is 2. The molecular formula is C19H19BrN2O2. The van der Waals surface area contributed by atoms with E-state index < -0.39 is 0 Å². The van der Waals surface area contributed by atoms with Crippen LogP contribution in [0.4, 0.5) is 5.69 Å². The van der Waals surface area contributed by atoms with Gasteiger partial charge in [-0.1, -0.05) is 34.1 Å². The van der Waals surface area contributed by atoms with Gasteiger partial charge in [0.25, 0.3) is 5.91 Å². The molecule has 0 saturated heterocycles. The zero-order chi connectivity index (χ0) is 17.1. The van der Waals surface area contributed by atoms with Crippen molar-refractivity contribution in [2.45, 2.75) is 25.8 Å². The number of anilines is 1. The third-order valence-electron chi connectivity index (χ3n) is 4.08. The average Bonchev–Trinajstić information content (AvgIpc) is 3.40. The summed E-state index contributed by atoms with van der Waals surface area (Å²) in [5.74, 6) is 0.0891. The highest BCUT2D eigenvalue weighted by molar-refractivity contribution is 9.10. The Hall–Kier alpha value is -2.14. The van der Waals surface area contributed by atoms with E-state index in [2.05, 4.69) is 26.6 Å². The van der Waals surface area contributed by atoms with Crippen LogP contribution in [0.1, 0.15) is 41.7 Å². The quantitative estimate of drug-likeness (QED) is 0.804. The van der Waals surface area contributed by atoms with Crippen LogP contribution in [0.15, 0.2) is 53.0 Å². The number of nitrogens with one attached hydrogen (secondary N) is 2. The summed E-state index contributed by atoms with van der Waals surface area (Å²) >= 11 is 3.50. The Bertz CT molecular complexity index is 754. The molecule has 1 atom stereocenters. The number of halogens is 1. The van der Waals surface area contributed by atoms with Crippen molar-refractivity contribution in [3.63, 3.8) is 0 Å². The van der Waals surface area contributed by atoms with E-state index in [1.807, 2.05) is 31.2 Å². The summed E-state index contributed by atoms with van der Waals surface area (Å²) in [7, 11) is 0. The maximum Gasteiger partial charge on any atom is 0.251 e. The first kappa shape index (κ1) is 16.7. The first-order valence-electron chi connectivity index (χ1n) is 8.01. The molecular weight excluding hydrogens is 368 g/mol. The van der Waals surface area contributed by atoms with Crippen molar-refractivity contribution >= 4 is 33.4 Å². The standard InChI is InChI=1S/C19H19BrN2O2/c1-12(16-4-2-3-5-17(16)20)21-18(23)14-8-10-15(11-9-14)22-19(24)13-6-7-13/h2-5,8-13H,6-7H2,1H3,(H,21,23)(H,22,24). The van der Waals surface area contributed by atoms with Crippen LogP contribution >= 0.6 is 15.9 Å². The minimum Gasteiger partial charge on any atom is -0.345 e. The van der Waals surface area contributed by atoms with E-state index in [1.54, 1.807) is 24.3 Å². The van der Waals surface area contributed by atoms with Crippen LogP contribution in [0.2, 0.25) is 0 Å². The minimum absolute atomic E-state index is 0.0646. The molecule has 2 aromatic carbocycles. The van der Waals surface area contributed by atoms with Gasteiger partial charge < -0.3 is 10.6 Å². The fourth-order valence-corrected chi connectivity index (χ4v) is 3.11. The lowest BCUT2D eigenvalue weighted by atomic mass is 10.1. The lowest BCUT2D eigenvalue weighted by Crippen LogP contribution is -2.26. The highest BCUT2D eigenvalue weighted by atomic mass is 79.9. The summed E-state index contributed by atoms with van der Waals surface area (Å²) in [6.07, 6.45) is 1.94. The first-order chi connectivity index (χ1) is 11.5. The topological polar surface area (TPSA) is 58.2 Å². The summed E-state index contributed by atoms with van der Waals surface area (Å²) in [5.41, 5.74) is 2.32. The number of benzene rings is 2. The second-order valence-electron chi connectivity index (χ2n) is 6.06. The molecule has 0 aromatic heterocycles. The lowest BCUT2D eigenvalue weighted by molar-refractivity contribution is -0.117. The van der Waals surface area contributed by atoms with E-state index in [4.69, 9.17) is 0 Å². The van der Waals surface area contributed by atoms with Crippen LogP contribution in [-0.4, -0.2) is 11.8 Å². The van der Waals surface area contributed by atoms with Crippen molar-refractivity contribution in [2.75, 3.05) is 5.32 Å². The summed E-state index contributed by atoms with van der Waals surface area (Å²) in [6.45, 7) is 1.95. The summed E-state index contributed by atoms with van der Waals surface area (Å²) in [4.78, 5) is 24.1. The van der Waals surface area contributed by atoms with Crippen LogP contribution in [0, 0.1) is 5.92 Å². The smallest absolute Gasteiger partial charge is 0.251 e. The molecule has 2 N–H and O–H groups in total. The van der Waals surface area contributed by atoms with Gasteiger partial charge in [-0.25, -0.2) is 0 Å². The second kappa shape index (κ2) is 7.18. The van der Waals surface area contributed by atoms with Gasteiger partial charge in [0, 0.05) is 21.6 Å². The van der Waals surface area contributed by atoms with Gasteiger partial charge in [-0.15, -0.1) is 0 Å². The van der Waals surface area contributed by atoms with Crippen molar-refractivity contribution in [1.82, 2.24) is 5.32 Å². The Balaban J connectivity index is 1.62. The summed E-state index contributed by atoms with van der Waals surface area (Å²) < 4.78 is 0.968. The fourth-order valence-electron chi connectivity index (χ4n) is 2.48. The Morgan fingerprint density at radius 1 is 1.08 bits per heavy atom. The number of carbonyl (C=O) groups excluding carboxylic acids is 2. The highest BCUT2D eigenvalue weighted by Crippen LogP contribution is 2.30. The average molecular weight is 387 g/mol. The monoisotopic (exact) mass is 386 g/mol. The minimum atomic E-state index is -0.140. The molecule has 2 amide bonds. The predicted octanol–water partition coefficient (Wildman–Crippen LogP) is 4.29. The van der Waals surface area contributed by atoms with Crippen LogP contribution in [0.3, 0.4) is 0 Å². The molecule has 1 saturated carbocycles. The number of hydrogen-bond donors (Lipinski definition) is 2. The van der Waals surface area contributed by atoms with E-state index >= 15 is 0 Å². The molecule has 0 spiro atoms. The van der Waals surface area contributed by atoms with Crippen LogP contribution in [0.25, 0.3) is 0 Å². The lowest BCUT2D eigenvalue weighted by Gasteiger charge is -2.16. The Morgan fingerprint density at radius 3 is 2.38 bits per heavy atom. The van der Waals surface area contributed by atoms with Gasteiger partial charge in [0.2, 0.25) is 5.91 Å². The third-order valence-corrected chi connectivity index (χ3v) is 4.80. The highest BCUT2D eigenvalue weighted by Gasteiger charge is 2.29. The van der Waals surface area contributed by atoms with Crippen LogP contribution < -0.4 is 10.6 Å². The van der Waals surface area contributed by atoms with Crippen molar-refractivity contribution < 1.29 is 9.59 Å². The predicted molar refractivity (Wildman–Crippen MR) is 97.8 cm³/mol. The van der Waals surface area contributed by atoms with Gasteiger partial charge >= 0.3 is 0 Å². The Kier molecular flexibility index (Phi) is 5.00. The maximum absolute atomic E-state index is 12.4. The third kappa shape index (κ3) is 4.03. The largest absolute Gasteiger partial charge is 0.345 e. The van der Waals surface area contributed by atoms with Crippen LogP contribution in [0.5, 0.6) is 0 Å². The Morgan fingerprint density at radius 2 is 1.75 bits per heavy atom. The Labute approximate surface area is 149 Å². The van der Waals surface area contributed by atoms with Crippen LogP contribution in [-0.2, 0) is 4.79 Å². The molecule has 0 radical (unpaired) electrons. The first-order valence-corrected chi connectivity index (χ1v) is 8.80. The molecule has 1 aliphatic rings. The van der Waals surface area contributed by atoms with E-state index in [0.29, 0.717) is 5.56 Å². The molecule has 1 unspecified atom stereocenters. The van der Waals surface area contributed by atoms with Gasteiger partial charge in [-0.05, 0) is 55.7 Å². The number of rotatable bonds is 5. The summed E-state index contributed by atoms with van der Waals surface area (Å²) in [6, 6.07) is 14.7. The SMILES string of the molecule is CC(NC(=O)c1ccc(NC(=O)C2CC2)cc1)c1ccccc1Br. The molecule has 0 aliphatic heterocycles. The van der Waals surface area contributed by atoms with Gasteiger partial charge in [-0.3, -0.25) is 9.59 Å². The van der Waals surface area contributed by atoms with E-state index in [0.717, 1.165) is 28.6 Å². The molecule has 0 bridgehead atoms. The normalized spacial score (nSPS) is 14.8.